The number of nitrogens with zero attached hydrogens (tertiary/aromatic N) is 1. The predicted octanol–water partition coefficient (Wildman–Crippen LogP) is 3.43. The number of benzene rings is 1. The van der Waals surface area contributed by atoms with Crippen LogP contribution >= 0.6 is 0 Å². The van der Waals surface area contributed by atoms with Crippen LogP contribution < -0.4 is 0 Å². The van der Waals surface area contributed by atoms with Crippen molar-refractivity contribution in [2.24, 2.45) is 5.92 Å². The van der Waals surface area contributed by atoms with Crippen molar-refractivity contribution in [3.63, 3.8) is 0 Å². The van der Waals surface area contributed by atoms with Gasteiger partial charge in [-0.1, -0.05) is 26.0 Å². The Morgan fingerprint density at radius 2 is 1.75 bits per heavy atom. The van der Waals surface area contributed by atoms with Gasteiger partial charge in [-0.05, 0) is 44.5 Å². The van der Waals surface area contributed by atoms with Crippen LogP contribution in [0.25, 0.3) is 0 Å². The van der Waals surface area contributed by atoms with Crippen LogP contribution in [-0.2, 0) is 0 Å². The van der Waals surface area contributed by atoms with Crippen LogP contribution in [0.15, 0.2) is 24.3 Å². The molecule has 1 aromatic carbocycles. The van der Waals surface area contributed by atoms with Gasteiger partial charge < -0.3 is 5.11 Å². The van der Waals surface area contributed by atoms with E-state index in [2.05, 4.69) is 45.7 Å². The van der Waals surface area contributed by atoms with E-state index in [1.807, 2.05) is 12.1 Å². The summed E-state index contributed by atoms with van der Waals surface area (Å²) in [6.45, 7) is 8.88. The Morgan fingerprint density at radius 1 is 1.12 bits per heavy atom. The molecule has 1 N–H and O–H groups in total. The Balaban J connectivity index is 2.81. The van der Waals surface area contributed by atoms with E-state index in [0.29, 0.717) is 23.8 Å². The monoisotopic (exact) mass is 221 g/mol. The summed E-state index contributed by atoms with van der Waals surface area (Å²) in [6.07, 6.45) is 0. The third kappa shape index (κ3) is 2.99. The van der Waals surface area contributed by atoms with Gasteiger partial charge in [-0.15, -0.1) is 0 Å². The van der Waals surface area contributed by atoms with Gasteiger partial charge in [0.05, 0.1) is 0 Å². The molecule has 1 aromatic rings. The van der Waals surface area contributed by atoms with E-state index in [1.165, 1.54) is 0 Å². The summed E-state index contributed by atoms with van der Waals surface area (Å²) in [5, 5.41) is 9.47. The third-order valence-electron chi connectivity index (χ3n) is 3.57. The van der Waals surface area contributed by atoms with Gasteiger partial charge in [0.15, 0.2) is 0 Å². The van der Waals surface area contributed by atoms with Crippen LogP contribution in [0.4, 0.5) is 0 Å². The average molecular weight is 221 g/mol. The molecular weight excluding hydrogens is 198 g/mol. The standard InChI is InChI=1S/C14H23NO/c1-10(2)11(3)15(5)12(4)13-7-6-8-14(16)9-13/h6-12,16H,1-5H3. The summed E-state index contributed by atoms with van der Waals surface area (Å²) in [5.74, 6) is 0.972. The zero-order valence-corrected chi connectivity index (χ0v) is 10.9. The molecule has 2 heteroatoms. The van der Waals surface area contributed by atoms with Crippen molar-refractivity contribution in [3.8, 4) is 5.75 Å². The van der Waals surface area contributed by atoms with Gasteiger partial charge in [0.25, 0.3) is 0 Å². The zero-order valence-electron chi connectivity index (χ0n) is 10.9. The van der Waals surface area contributed by atoms with E-state index in [-0.39, 0.29) is 0 Å². The van der Waals surface area contributed by atoms with Crippen LogP contribution in [0.3, 0.4) is 0 Å². The van der Waals surface area contributed by atoms with Crippen LogP contribution in [0, 0.1) is 5.92 Å². The Morgan fingerprint density at radius 3 is 2.25 bits per heavy atom. The van der Waals surface area contributed by atoms with Crippen molar-refractivity contribution in [3.05, 3.63) is 29.8 Å². The molecular formula is C14H23NO. The summed E-state index contributed by atoms with van der Waals surface area (Å²) in [6, 6.07) is 8.36. The number of phenols is 1. The fraction of sp³-hybridized carbons (Fsp3) is 0.571. The molecule has 0 saturated heterocycles. The molecule has 0 aromatic heterocycles. The lowest BCUT2D eigenvalue weighted by Gasteiger charge is -2.33. The van der Waals surface area contributed by atoms with Gasteiger partial charge in [-0.3, -0.25) is 4.90 Å². The number of hydrogen-bond acceptors (Lipinski definition) is 2. The average Bonchev–Trinajstić information content (AvgIpc) is 2.26. The highest BCUT2D eigenvalue weighted by Gasteiger charge is 2.19. The summed E-state index contributed by atoms with van der Waals surface area (Å²) in [4.78, 5) is 2.35. The first kappa shape index (κ1) is 13.0. The molecule has 90 valence electrons. The highest BCUT2D eigenvalue weighted by atomic mass is 16.3. The smallest absolute Gasteiger partial charge is 0.115 e. The third-order valence-corrected chi connectivity index (χ3v) is 3.57. The summed E-state index contributed by atoms with van der Waals surface area (Å²) in [5.41, 5.74) is 1.16. The predicted molar refractivity (Wildman–Crippen MR) is 68.6 cm³/mol. The minimum atomic E-state index is 0.324. The van der Waals surface area contributed by atoms with Crippen LogP contribution in [-0.4, -0.2) is 23.1 Å². The van der Waals surface area contributed by atoms with E-state index in [4.69, 9.17) is 0 Å². The highest BCUT2D eigenvalue weighted by Crippen LogP contribution is 2.25. The normalized spacial score (nSPS) is 15.4. The minimum Gasteiger partial charge on any atom is -0.508 e. The first-order valence-corrected chi connectivity index (χ1v) is 5.94. The van der Waals surface area contributed by atoms with Crippen molar-refractivity contribution in [2.75, 3.05) is 7.05 Å². The van der Waals surface area contributed by atoms with E-state index >= 15 is 0 Å². The number of aromatic hydroxyl groups is 1. The van der Waals surface area contributed by atoms with Crippen molar-refractivity contribution in [2.45, 2.75) is 39.8 Å². The second kappa shape index (κ2) is 5.35. The summed E-state index contributed by atoms with van der Waals surface area (Å²) >= 11 is 0. The SMILES string of the molecule is CC(C)C(C)N(C)C(C)c1cccc(O)c1. The Labute approximate surface area is 98.9 Å². The lowest BCUT2D eigenvalue weighted by atomic mass is 10.0. The molecule has 16 heavy (non-hydrogen) atoms. The molecule has 0 radical (unpaired) electrons. The molecule has 2 unspecified atom stereocenters. The quantitative estimate of drug-likeness (QED) is 0.842. The van der Waals surface area contributed by atoms with Crippen LogP contribution in [0.1, 0.15) is 39.3 Å². The molecule has 0 aliphatic carbocycles. The van der Waals surface area contributed by atoms with Crippen LogP contribution in [0.2, 0.25) is 0 Å². The lowest BCUT2D eigenvalue weighted by molar-refractivity contribution is 0.158. The van der Waals surface area contributed by atoms with Gasteiger partial charge in [0, 0.05) is 12.1 Å². The summed E-state index contributed by atoms with van der Waals surface area (Å²) in [7, 11) is 2.14. The maximum atomic E-state index is 9.47. The topological polar surface area (TPSA) is 23.5 Å². The number of phenolic OH excluding ortho intramolecular Hbond substituents is 1. The fourth-order valence-corrected chi connectivity index (χ4v) is 1.84. The molecule has 2 atom stereocenters. The van der Waals surface area contributed by atoms with E-state index < -0.39 is 0 Å². The van der Waals surface area contributed by atoms with Crippen molar-refractivity contribution in [1.82, 2.24) is 4.90 Å². The van der Waals surface area contributed by atoms with Gasteiger partial charge >= 0.3 is 0 Å². The second-order valence-electron chi connectivity index (χ2n) is 4.92. The van der Waals surface area contributed by atoms with E-state index in [0.717, 1.165) is 5.56 Å². The Hall–Kier alpha value is -1.02. The molecule has 0 aliphatic rings. The van der Waals surface area contributed by atoms with Crippen molar-refractivity contribution >= 4 is 0 Å². The van der Waals surface area contributed by atoms with E-state index in [1.54, 1.807) is 6.07 Å². The van der Waals surface area contributed by atoms with Gasteiger partial charge in [0.1, 0.15) is 5.75 Å². The van der Waals surface area contributed by atoms with Gasteiger partial charge in [0.2, 0.25) is 0 Å². The Bertz CT molecular complexity index is 335. The molecule has 0 bridgehead atoms. The first-order chi connectivity index (χ1) is 7.43. The molecule has 0 amide bonds. The molecule has 2 nitrogen and oxygen atoms in total. The molecule has 0 saturated carbocycles. The molecule has 1 rings (SSSR count). The van der Waals surface area contributed by atoms with E-state index in [9.17, 15) is 5.11 Å². The number of hydrogen-bond donors (Lipinski definition) is 1. The van der Waals surface area contributed by atoms with Crippen molar-refractivity contribution in [1.29, 1.82) is 0 Å². The largest absolute Gasteiger partial charge is 0.508 e. The second-order valence-corrected chi connectivity index (χ2v) is 4.92. The van der Waals surface area contributed by atoms with Crippen LogP contribution in [0.5, 0.6) is 5.75 Å². The Kier molecular flexibility index (Phi) is 4.36. The zero-order chi connectivity index (χ0) is 12.3. The maximum Gasteiger partial charge on any atom is 0.115 e. The number of rotatable bonds is 4. The highest BCUT2D eigenvalue weighted by molar-refractivity contribution is 5.29. The molecule has 0 spiro atoms. The fourth-order valence-electron chi connectivity index (χ4n) is 1.84. The first-order valence-electron chi connectivity index (χ1n) is 5.94. The van der Waals surface area contributed by atoms with Gasteiger partial charge in [-0.25, -0.2) is 0 Å². The minimum absolute atomic E-state index is 0.324. The summed E-state index contributed by atoms with van der Waals surface area (Å²) < 4.78 is 0. The molecule has 0 fully saturated rings. The molecule has 0 heterocycles. The van der Waals surface area contributed by atoms with Crippen molar-refractivity contribution < 1.29 is 5.11 Å². The van der Waals surface area contributed by atoms with Gasteiger partial charge in [-0.2, -0.15) is 0 Å². The maximum absolute atomic E-state index is 9.47. The lowest BCUT2D eigenvalue weighted by Crippen LogP contribution is -2.35. The molecule has 0 aliphatic heterocycles.